The maximum atomic E-state index is 11.6. The number of nitrogens with one attached hydrogen (secondary N) is 1. The van der Waals surface area contributed by atoms with Crippen LogP contribution in [0.5, 0.6) is 0 Å². The first-order valence-electron chi connectivity index (χ1n) is 4.33. The van der Waals surface area contributed by atoms with Crippen molar-refractivity contribution in [1.29, 1.82) is 0 Å². The van der Waals surface area contributed by atoms with Gasteiger partial charge in [0, 0.05) is 5.38 Å². The van der Waals surface area contributed by atoms with Gasteiger partial charge in [-0.15, -0.1) is 16.1 Å². The molecule has 0 saturated carbocycles. The fraction of sp³-hybridized carbons (Fsp3) is 0.125. The summed E-state index contributed by atoms with van der Waals surface area (Å²) in [6.45, 7) is 0. The van der Waals surface area contributed by atoms with Gasteiger partial charge in [-0.2, -0.15) is 10.2 Å². The maximum Gasteiger partial charge on any atom is 0.270 e. The summed E-state index contributed by atoms with van der Waals surface area (Å²) in [5, 5.41) is 12.0. The van der Waals surface area contributed by atoms with Crippen molar-refractivity contribution < 1.29 is 9.59 Å². The Hall–Kier alpha value is -2.09. The second-order valence-corrected chi connectivity index (χ2v) is 3.65. The van der Waals surface area contributed by atoms with E-state index in [2.05, 4.69) is 20.5 Å². The van der Waals surface area contributed by atoms with E-state index in [0.717, 1.165) is 4.80 Å². The average Bonchev–Trinajstić information content (AvgIpc) is 2.89. The number of carbonyl (C=O) groups excluding carboxylic acids is 2. The van der Waals surface area contributed by atoms with Gasteiger partial charge in [0.25, 0.3) is 5.91 Å². The molecule has 8 heteroatoms. The Balaban J connectivity index is 2.03. The van der Waals surface area contributed by atoms with Crippen LogP contribution in [0.25, 0.3) is 0 Å². The zero-order valence-corrected chi connectivity index (χ0v) is 8.85. The van der Waals surface area contributed by atoms with E-state index in [-0.39, 0.29) is 12.3 Å². The van der Waals surface area contributed by atoms with Crippen LogP contribution in [-0.2, 0) is 11.2 Å². The van der Waals surface area contributed by atoms with Crippen molar-refractivity contribution in [2.24, 2.45) is 0 Å². The molecule has 0 bridgehead atoms. The lowest BCUT2D eigenvalue weighted by Gasteiger charge is -1.95. The molecule has 0 aliphatic rings. The second-order valence-electron chi connectivity index (χ2n) is 2.80. The van der Waals surface area contributed by atoms with Gasteiger partial charge in [-0.25, -0.2) is 4.98 Å². The molecular formula is C8H7N5O2S. The Morgan fingerprint density at radius 1 is 1.50 bits per heavy atom. The molecule has 2 rings (SSSR count). The highest BCUT2D eigenvalue weighted by Gasteiger charge is 2.10. The van der Waals surface area contributed by atoms with Crippen molar-refractivity contribution in [3.8, 4) is 0 Å². The van der Waals surface area contributed by atoms with Crippen LogP contribution in [0.1, 0.15) is 10.5 Å². The number of aromatic nitrogens is 4. The smallest absolute Gasteiger partial charge is 0.270 e. The van der Waals surface area contributed by atoms with Gasteiger partial charge in [-0.3, -0.25) is 9.59 Å². The number of thiazole rings is 1. The van der Waals surface area contributed by atoms with Crippen molar-refractivity contribution in [2.75, 3.05) is 5.32 Å². The summed E-state index contributed by atoms with van der Waals surface area (Å²) < 4.78 is 0. The lowest BCUT2D eigenvalue weighted by molar-refractivity contribution is -0.105. The molecule has 2 aromatic rings. The Labute approximate surface area is 94.1 Å². The van der Waals surface area contributed by atoms with Gasteiger partial charge in [-0.1, -0.05) is 0 Å². The van der Waals surface area contributed by atoms with Crippen LogP contribution < -0.4 is 5.32 Å². The number of anilines is 1. The molecule has 1 amide bonds. The summed E-state index contributed by atoms with van der Waals surface area (Å²) in [4.78, 5) is 26.8. The topological polar surface area (TPSA) is 89.8 Å². The molecule has 0 spiro atoms. The second kappa shape index (κ2) is 4.62. The van der Waals surface area contributed by atoms with Crippen LogP contribution in [0.15, 0.2) is 17.8 Å². The highest BCUT2D eigenvalue weighted by Crippen LogP contribution is 2.14. The lowest BCUT2D eigenvalue weighted by Crippen LogP contribution is -2.16. The fourth-order valence-corrected chi connectivity index (χ4v) is 1.74. The number of carbonyl (C=O) groups is 2. The number of hydrogen-bond donors (Lipinski definition) is 1. The lowest BCUT2D eigenvalue weighted by atomic mass is 10.3. The highest BCUT2D eigenvalue weighted by atomic mass is 32.1. The molecule has 0 atom stereocenters. The molecule has 0 saturated heterocycles. The number of amides is 1. The zero-order valence-electron chi connectivity index (χ0n) is 8.03. The van der Waals surface area contributed by atoms with E-state index in [1.54, 1.807) is 5.38 Å². The minimum atomic E-state index is -0.270. The van der Waals surface area contributed by atoms with E-state index in [0.29, 0.717) is 17.2 Å². The molecule has 16 heavy (non-hydrogen) atoms. The molecule has 7 nitrogen and oxygen atoms in total. The maximum absolute atomic E-state index is 11.6. The predicted molar refractivity (Wildman–Crippen MR) is 56.2 cm³/mol. The van der Waals surface area contributed by atoms with Crippen molar-refractivity contribution in [2.45, 2.75) is 6.42 Å². The van der Waals surface area contributed by atoms with Crippen molar-refractivity contribution in [1.82, 2.24) is 20.0 Å². The van der Waals surface area contributed by atoms with Gasteiger partial charge in [0.05, 0.1) is 24.5 Å². The summed E-state index contributed by atoms with van der Waals surface area (Å²) in [5.74, 6) is -0.270. The minimum Gasteiger partial charge on any atom is -0.305 e. The normalized spacial score (nSPS) is 10.0. The summed E-state index contributed by atoms with van der Waals surface area (Å²) >= 11 is 1.26. The first-order valence-corrected chi connectivity index (χ1v) is 5.21. The molecule has 2 aromatic heterocycles. The molecule has 2 heterocycles. The number of hydrogen-bond acceptors (Lipinski definition) is 6. The molecule has 0 fully saturated rings. The van der Waals surface area contributed by atoms with E-state index in [9.17, 15) is 9.59 Å². The Kier molecular flexibility index (Phi) is 3.01. The quantitative estimate of drug-likeness (QED) is 0.766. The van der Waals surface area contributed by atoms with Crippen LogP contribution >= 0.6 is 11.3 Å². The van der Waals surface area contributed by atoms with E-state index < -0.39 is 0 Å². The summed E-state index contributed by atoms with van der Waals surface area (Å²) in [7, 11) is 0. The number of nitrogens with zero attached hydrogens (tertiary/aromatic N) is 4. The minimum absolute atomic E-state index is 0.103. The Morgan fingerprint density at radius 3 is 2.94 bits per heavy atom. The van der Waals surface area contributed by atoms with Crippen LogP contribution in [0.2, 0.25) is 0 Å². The molecule has 1 N–H and O–H groups in total. The first kappa shape index (κ1) is 10.4. The average molecular weight is 237 g/mol. The predicted octanol–water partition coefficient (Wildman–Crippen LogP) is 0.186. The van der Waals surface area contributed by atoms with Crippen LogP contribution in [0.4, 0.5) is 5.13 Å². The molecule has 0 aliphatic carbocycles. The summed E-state index contributed by atoms with van der Waals surface area (Å²) in [6, 6.07) is 0. The summed E-state index contributed by atoms with van der Waals surface area (Å²) in [5.41, 5.74) is 0.580. The summed E-state index contributed by atoms with van der Waals surface area (Å²) in [6.07, 6.45) is 3.50. The standard InChI is InChI=1S/C8H7N5O2S/c14-5-9-8-12-6(4-16-8)3-7(15)13-10-1-2-11-13/h1-2,4-5H,3H2,(H,9,12,14). The van der Waals surface area contributed by atoms with Crippen molar-refractivity contribution >= 4 is 28.8 Å². The number of rotatable bonds is 4. The molecule has 0 radical (unpaired) electrons. The molecule has 0 aliphatic heterocycles. The van der Waals surface area contributed by atoms with Gasteiger partial charge in [0.2, 0.25) is 6.41 Å². The van der Waals surface area contributed by atoms with E-state index in [1.165, 1.54) is 23.7 Å². The molecule has 0 aromatic carbocycles. The fourth-order valence-electron chi connectivity index (χ4n) is 1.08. The van der Waals surface area contributed by atoms with Gasteiger partial charge >= 0.3 is 0 Å². The third-order valence-corrected chi connectivity index (χ3v) is 2.53. The van der Waals surface area contributed by atoms with Gasteiger partial charge in [0.15, 0.2) is 5.13 Å². The van der Waals surface area contributed by atoms with Crippen molar-refractivity contribution in [3.63, 3.8) is 0 Å². The van der Waals surface area contributed by atoms with Crippen molar-refractivity contribution in [3.05, 3.63) is 23.5 Å². The highest BCUT2D eigenvalue weighted by molar-refractivity contribution is 7.13. The first-order chi connectivity index (χ1) is 7.79. The van der Waals surface area contributed by atoms with Crippen LogP contribution in [-0.4, -0.2) is 32.3 Å². The Morgan fingerprint density at radius 2 is 2.25 bits per heavy atom. The Bertz CT molecular complexity index is 492. The van der Waals surface area contributed by atoms with E-state index >= 15 is 0 Å². The SMILES string of the molecule is O=CNc1nc(CC(=O)n2nccn2)cs1. The van der Waals surface area contributed by atoms with E-state index in [1.807, 2.05) is 0 Å². The van der Waals surface area contributed by atoms with Crippen LogP contribution in [0, 0.1) is 0 Å². The molecule has 0 unspecified atom stereocenters. The monoisotopic (exact) mass is 237 g/mol. The van der Waals surface area contributed by atoms with Gasteiger partial charge in [-0.05, 0) is 0 Å². The third kappa shape index (κ3) is 2.28. The van der Waals surface area contributed by atoms with Gasteiger partial charge < -0.3 is 5.32 Å². The largest absolute Gasteiger partial charge is 0.305 e. The van der Waals surface area contributed by atoms with Crippen LogP contribution in [0.3, 0.4) is 0 Å². The zero-order chi connectivity index (χ0) is 11.4. The van der Waals surface area contributed by atoms with E-state index in [4.69, 9.17) is 0 Å². The van der Waals surface area contributed by atoms with Gasteiger partial charge in [0.1, 0.15) is 0 Å². The molecule has 82 valence electrons. The third-order valence-electron chi connectivity index (χ3n) is 1.71. The molecular weight excluding hydrogens is 230 g/mol.